The number of ketones is 1. The summed E-state index contributed by atoms with van der Waals surface area (Å²) in [5.74, 6) is -0.538. The van der Waals surface area contributed by atoms with Gasteiger partial charge in [0, 0.05) is 16.0 Å². The summed E-state index contributed by atoms with van der Waals surface area (Å²) in [6.07, 6.45) is 0.804. The summed E-state index contributed by atoms with van der Waals surface area (Å²) in [6.45, 7) is 0. The van der Waals surface area contributed by atoms with E-state index in [4.69, 9.17) is 0 Å². The number of hydrogen-bond donors (Lipinski definition) is 0. The van der Waals surface area contributed by atoms with E-state index in [1.165, 1.54) is 7.11 Å². The van der Waals surface area contributed by atoms with Gasteiger partial charge in [0.2, 0.25) is 0 Å². The molecule has 0 fully saturated rings. The molecular weight excluding hydrogens is 272 g/mol. The van der Waals surface area contributed by atoms with Gasteiger partial charge in [0.05, 0.1) is 13.5 Å². The summed E-state index contributed by atoms with van der Waals surface area (Å²) >= 11 is 3.33. The lowest BCUT2D eigenvalue weighted by atomic mass is 10.0. The SMILES string of the molecule is COC(=O)CC1Cc2ccc(Br)cc2C1=O. The van der Waals surface area contributed by atoms with Gasteiger partial charge >= 0.3 is 5.97 Å². The average molecular weight is 283 g/mol. The second kappa shape index (κ2) is 4.37. The van der Waals surface area contributed by atoms with Gasteiger partial charge in [-0.25, -0.2) is 0 Å². The molecule has 1 aromatic carbocycles. The Morgan fingerprint density at radius 3 is 3.00 bits per heavy atom. The number of fused-ring (bicyclic) bond motifs is 1. The zero-order valence-electron chi connectivity index (χ0n) is 8.83. The van der Waals surface area contributed by atoms with E-state index in [9.17, 15) is 9.59 Å². The molecule has 1 aromatic rings. The van der Waals surface area contributed by atoms with Gasteiger partial charge in [0.1, 0.15) is 0 Å². The van der Waals surface area contributed by atoms with Gasteiger partial charge < -0.3 is 4.74 Å². The summed E-state index contributed by atoms with van der Waals surface area (Å²) in [5, 5.41) is 0. The number of carbonyl (C=O) groups excluding carboxylic acids is 2. The van der Waals surface area contributed by atoms with Crippen molar-refractivity contribution in [2.24, 2.45) is 5.92 Å². The predicted octanol–water partition coefficient (Wildman–Crippen LogP) is 2.37. The minimum absolute atomic E-state index is 0.0432. The molecule has 0 heterocycles. The van der Waals surface area contributed by atoms with Crippen molar-refractivity contribution in [1.82, 2.24) is 0 Å². The Kier molecular flexibility index (Phi) is 3.10. The first kappa shape index (κ1) is 11.3. The maximum absolute atomic E-state index is 12.0. The molecule has 1 aliphatic rings. The van der Waals surface area contributed by atoms with Gasteiger partial charge in [0.15, 0.2) is 5.78 Å². The second-order valence-corrected chi connectivity index (χ2v) is 4.76. The third kappa shape index (κ3) is 2.02. The third-order valence-corrected chi connectivity index (χ3v) is 3.31. The molecular formula is C12H11BrO3. The zero-order chi connectivity index (χ0) is 11.7. The molecule has 84 valence electrons. The van der Waals surface area contributed by atoms with Gasteiger partial charge in [-0.1, -0.05) is 22.0 Å². The smallest absolute Gasteiger partial charge is 0.306 e. The monoisotopic (exact) mass is 282 g/mol. The molecule has 0 saturated heterocycles. The highest BCUT2D eigenvalue weighted by atomic mass is 79.9. The van der Waals surface area contributed by atoms with Crippen LogP contribution in [0.25, 0.3) is 0 Å². The Morgan fingerprint density at radius 1 is 1.56 bits per heavy atom. The Hall–Kier alpha value is -1.16. The Labute approximate surface area is 102 Å². The lowest BCUT2D eigenvalue weighted by molar-refractivity contribution is -0.141. The van der Waals surface area contributed by atoms with Crippen LogP contribution >= 0.6 is 15.9 Å². The van der Waals surface area contributed by atoms with Crippen LogP contribution in [0.1, 0.15) is 22.3 Å². The fourth-order valence-electron chi connectivity index (χ4n) is 1.98. The quantitative estimate of drug-likeness (QED) is 0.783. The summed E-state index contributed by atoms with van der Waals surface area (Å²) in [7, 11) is 1.34. The first-order valence-corrected chi connectivity index (χ1v) is 5.80. The molecule has 0 N–H and O–H groups in total. The molecule has 3 nitrogen and oxygen atoms in total. The molecule has 0 spiro atoms. The van der Waals surface area contributed by atoms with Crippen LogP contribution < -0.4 is 0 Å². The lowest BCUT2D eigenvalue weighted by Gasteiger charge is -2.04. The van der Waals surface area contributed by atoms with Crippen molar-refractivity contribution in [3.05, 3.63) is 33.8 Å². The normalized spacial score (nSPS) is 18.4. The van der Waals surface area contributed by atoms with Crippen molar-refractivity contribution in [2.75, 3.05) is 7.11 Å². The first-order chi connectivity index (χ1) is 7.61. The van der Waals surface area contributed by atoms with E-state index in [0.717, 1.165) is 15.6 Å². The van der Waals surface area contributed by atoms with Crippen LogP contribution in [0.15, 0.2) is 22.7 Å². The Morgan fingerprint density at radius 2 is 2.31 bits per heavy atom. The second-order valence-electron chi connectivity index (χ2n) is 3.85. The highest BCUT2D eigenvalue weighted by Crippen LogP contribution is 2.31. The third-order valence-electron chi connectivity index (χ3n) is 2.82. The highest BCUT2D eigenvalue weighted by Gasteiger charge is 2.32. The molecule has 0 amide bonds. The zero-order valence-corrected chi connectivity index (χ0v) is 10.4. The van der Waals surface area contributed by atoms with Gasteiger partial charge in [-0.15, -0.1) is 0 Å². The van der Waals surface area contributed by atoms with Gasteiger partial charge in [0.25, 0.3) is 0 Å². The Bertz CT molecular complexity index is 454. The molecule has 1 unspecified atom stereocenters. The maximum atomic E-state index is 12.0. The van der Waals surface area contributed by atoms with Gasteiger partial charge in [-0.3, -0.25) is 9.59 Å². The number of esters is 1. The summed E-state index contributed by atoms with van der Waals surface area (Å²) < 4.78 is 5.47. The average Bonchev–Trinajstić information content (AvgIpc) is 2.56. The molecule has 2 rings (SSSR count). The molecule has 0 bridgehead atoms. The number of ether oxygens (including phenoxy) is 1. The topological polar surface area (TPSA) is 43.4 Å². The van der Waals surface area contributed by atoms with Crippen molar-refractivity contribution < 1.29 is 14.3 Å². The molecule has 16 heavy (non-hydrogen) atoms. The van der Waals surface area contributed by atoms with Crippen LogP contribution in [0, 0.1) is 5.92 Å². The van der Waals surface area contributed by atoms with E-state index in [-0.39, 0.29) is 24.1 Å². The summed E-state index contributed by atoms with van der Waals surface area (Å²) in [5.41, 5.74) is 1.74. The van der Waals surface area contributed by atoms with E-state index < -0.39 is 0 Å². The molecule has 1 aliphatic carbocycles. The van der Waals surface area contributed by atoms with Crippen LogP contribution in [0.2, 0.25) is 0 Å². The van der Waals surface area contributed by atoms with E-state index in [1.54, 1.807) is 0 Å². The molecule has 0 saturated carbocycles. The van der Waals surface area contributed by atoms with E-state index in [1.807, 2.05) is 18.2 Å². The fraction of sp³-hybridized carbons (Fsp3) is 0.333. The Balaban J connectivity index is 2.21. The summed E-state index contributed by atoms with van der Waals surface area (Å²) in [4.78, 5) is 23.1. The standard InChI is InChI=1S/C12H11BrO3/c1-16-11(14)5-8-4-7-2-3-9(13)6-10(7)12(8)15/h2-3,6,8H,4-5H2,1H3. The van der Waals surface area contributed by atoms with Crippen molar-refractivity contribution in [3.8, 4) is 0 Å². The van der Waals surface area contributed by atoms with Crippen molar-refractivity contribution >= 4 is 27.7 Å². The van der Waals surface area contributed by atoms with Crippen LogP contribution in [0.4, 0.5) is 0 Å². The largest absolute Gasteiger partial charge is 0.469 e. The van der Waals surface area contributed by atoms with Crippen molar-refractivity contribution in [3.63, 3.8) is 0 Å². The van der Waals surface area contributed by atoms with Crippen molar-refractivity contribution in [1.29, 1.82) is 0 Å². The molecule has 0 aromatic heterocycles. The van der Waals surface area contributed by atoms with Crippen LogP contribution in [0.3, 0.4) is 0 Å². The van der Waals surface area contributed by atoms with Gasteiger partial charge in [-0.05, 0) is 24.1 Å². The molecule has 0 radical (unpaired) electrons. The maximum Gasteiger partial charge on any atom is 0.306 e. The van der Waals surface area contributed by atoms with Crippen LogP contribution in [-0.4, -0.2) is 18.9 Å². The van der Waals surface area contributed by atoms with Crippen LogP contribution in [-0.2, 0) is 16.0 Å². The van der Waals surface area contributed by atoms with E-state index >= 15 is 0 Å². The highest BCUT2D eigenvalue weighted by molar-refractivity contribution is 9.10. The van der Waals surface area contributed by atoms with Crippen molar-refractivity contribution in [2.45, 2.75) is 12.8 Å². The van der Waals surface area contributed by atoms with E-state index in [2.05, 4.69) is 20.7 Å². The molecule has 0 aliphatic heterocycles. The summed E-state index contributed by atoms with van der Waals surface area (Å²) in [6, 6.07) is 5.65. The lowest BCUT2D eigenvalue weighted by Crippen LogP contribution is -2.15. The number of Topliss-reactive ketones (excluding diaryl/α,β-unsaturated/α-hetero) is 1. The minimum Gasteiger partial charge on any atom is -0.469 e. The minimum atomic E-state index is -0.328. The van der Waals surface area contributed by atoms with Gasteiger partial charge in [-0.2, -0.15) is 0 Å². The number of benzene rings is 1. The van der Waals surface area contributed by atoms with E-state index in [0.29, 0.717) is 6.42 Å². The van der Waals surface area contributed by atoms with Crippen LogP contribution in [0.5, 0.6) is 0 Å². The number of methoxy groups -OCH3 is 1. The number of rotatable bonds is 2. The number of halogens is 1. The molecule has 4 heteroatoms. The fourth-order valence-corrected chi connectivity index (χ4v) is 2.34. The number of carbonyl (C=O) groups is 2. The predicted molar refractivity (Wildman–Crippen MR) is 62.3 cm³/mol. The molecule has 1 atom stereocenters. The number of hydrogen-bond acceptors (Lipinski definition) is 3. The first-order valence-electron chi connectivity index (χ1n) is 5.01.